The van der Waals surface area contributed by atoms with Crippen LogP contribution in [0.3, 0.4) is 0 Å². The van der Waals surface area contributed by atoms with Crippen LogP contribution in [0.1, 0.15) is 61.9 Å². The molecule has 1 aromatic heterocycles. The third kappa shape index (κ3) is 3.63. The maximum atomic E-state index is 13.1. The van der Waals surface area contributed by atoms with E-state index in [1.165, 1.54) is 20.0 Å². The molecule has 1 saturated carbocycles. The molecule has 9 heteroatoms. The monoisotopic (exact) mass is 465 g/mol. The molecule has 0 bridgehead atoms. The number of anilines is 4. The normalized spacial score (nSPS) is 21.8. The molecular weight excluding hydrogens is 434 g/mol. The molecule has 2 aliphatic heterocycles. The van der Waals surface area contributed by atoms with Gasteiger partial charge in [-0.15, -0.1) is 0 Å². The Labute approximate surface area is 199 Å². The maximum Gasteiger partial charge on any atom is 0.338 e. The van der Waals surface area contributed by atoms with Crippen molar-refractivity contribution in [3.05, 3.63) is 29.5 Å². The van der Waals surface area contributed by atoms with Gasteiger partial charge in [0, 0.05) is 25.1 Å². The number of carbonyl (C=O) groups excluding carboxylic acids is 2. The first-order chi connectivity index (χ1) is 16.4. The van der Waals surface area contributed by atoms with Gasteiger partial charge < -0.3 is 24.6 Å². The van der Waals surface area contributed by atoms with Crippen LogP contribution in [0, 0.1) is 0 Å². The highest BCUT2D eigenvalue weighted by atomic mass is 16.5. The van der Waals surface area contributed by atoms with Crippen LogP contribution in [0.4, 0.5) is 23.1 Å². The standard InChI is InChI=1S/C25H31N5O4/c1-5-19-23(31)29(3)20-13-26-25(28-22(20)30(19)15-8-6-7-9-15)27-18-11-10-16(24(32)33-4)17-12-14(2)34-21(17)18/h10-11,13-15,19H,5-9,12H2,1-4H3,(H,26,27,28)/t14?,19-/m1/s1. The van der Waals surface area contributed by atoms with E-state index in [0.29, 0.717) is 35.4 Å². The molecule has 1 aromatic carbocycles. The quantitative estimate of drug-likeness (QED) is 0.666. The highest BCUT2D eigenvalue weighted by Gasteiger charge is 2.41. The van der Waals surface area contributed by atoms with E-state index in [1.54, 1.807) is 30.3 Å². The fourth-order valence-electron chi connectivity index (χ4n) is 5.46. The zero-order valence-electron chi connectivity index (χ0n) is 20.1. The van der Waals surface area contributed by atoms with Gasteiger partial charge in [-0.1, -0.05) is 19.8 Å². The van der Waals surface area contributed by atoms with E-state index in [1.807, 2.05) is 13.8 Å². The van der Waals surface area contributed by atoms with Gasteiger partial charge in [-0.25, -0.2) is 9.78 Å². The molecule has 0 saturated heterocycles. The van der Waals surface area contributed by atoms with Gasteiger partial charge in [-0.2, -0.15) is 4.98 Å². The first-order valence-corrected chi connectivity index (χ1v) is 12.0. The molecule has 3 aliphatic rings. The summed E-state index contributed by atoms with van der Waals surface area (Å²) < 4.78 is 11.0. The average Bonchev–Trinajstić information content (AvgIpc) is 3.50. The second-order valence-electron chi connectivity index (χ2n) is 9.29. The molecule has 1 amide bonds. The lowest BCUT2D eigenvalue weighted by Crippen LogP contribution is -2.55. The van der Waals surface area contributed by atoms with Crippen LogP contribution in [0.25, 0.3) is 0 Å². The van der Waals surface area contributed by atoms with Crippen molar-refractivity contribution in [2.24, 2.45) is 0 Å². The average molecular weight is 466 g/mol. The highest BCUT2D eigenvalue weighted by Crippen LogP contribution is 2.42. The second-order valence-corrected chi connectivity index (χ2v) is 9.29. The lowest BCUT2D eigenvalue weighted by Gasteiger charge is -2.43. The molecule has 5 rings (SSSR count). The number of likely N-dealkylation sites (N-methyl/N-ethyl adjacent to an activating group) is 1. The van der Waals surface area contributed by atoms with Gasteiger partial charge in [0.2, 0.25) is 11.9 Å². The molecular formula is C25H31N5O4. The van der Waals surface area contributed by atoms with Crippen molar-refractivity contribution in [3.63, 3.8) is 0 Å². The predicted octanol–water partition coefficient (Wildman–Crippen LogP) is 3.83. The van der Waals surface area contributed by atoms with Crippen LogP contribution < -0.4 is 19.9 Å². The molecule has 1 aliphatic carbocycles. The van der Waals surface area contributed by atoms with E-state index in [9.17, 15) is 9.59 Å². The summed E-state index contributed by atoms with van der Waals surface area (Å²) in [7, 11) is 3.17. The SMILES string of the molecule is CC[C@@H]1C(=O)N(C)c2cnc(Nc3ccc(C(=O)OC)c4c3OC(C)C4)nc2N1C1CCCC1. The Morgan fingerprint density at radius 2 is 2.06 bits per heavy atom. The highest BCUT2D eigenvalue weighted by molar-refractivity contribution is 6.04. The van der Waals surface area contributed by atoms with Crippen LogP contribution in [-0.2, 0) is 16.0 Å². The minimum Gasteiger partial charge on any atom is -0.488 e. The van der Waals surface area contributed by atoms with Crippen molar-refractivity contribution in [2.45, 2.75) is 70.6 Å². The molecule has 2 atom stereocenters. The largest absolute Gasteiger partial charge is 0.488 e. The summed E-state index contributed by atoms with van der Waals surface area (Å²) in [5.74, 6) is 1.55. The number of benzene rings is 1. The van der Waals surface area contributed by atoms with E-state index in [0.717, 1.165) is 36.3 Å². The fourth-order valence-corrected chi connectivity index (χ4v) is 5.46. The summed E-state index contributed by atoms with van der Waals surface area (Å²) in [5, 5.41) is 3.30. The zero-order chi connectivity index (χ0) is 24.0. The number of aromatic nitrogens is 2. The number of rotatable bonds is 5. The van der Waals surface area contributed by atoms with Gasteiger partial charge in [0.05, 0.1) is 24.6 Å². The third-order valence-electron chi connectivity index (χ3n) is 7.14. The first-order valence-electron chi connectivity index (χ1n) is 12.0. The van der Waals surface area contributed by atoms with Crippen LogP contribution in [0.15, 0.2) is 18.3 Å². The Kier molecular flexibility index (Phi) is 5.79. The molecule has 9 nitrogen and oxygen atoms in total. The van der Waals surface area contributed by atoms with Gasteiger partial charge in [-0.3, -0.25) is 4.79 Å². The second kappa shape index (κ2) is 8.77. The van der Waals surface area contributed by atoms with Crippen molar-refractivity contribution in [1.82, 2.24) is 9.97 Å². The van der Waals surface area contributed by atoms with Crippen LogP contribution in [0.2, 0.25) is 0 Å². The van der Waals surface area contributed by atoms with E-state index >= 15 is 0 Å². The Morgan fingerprint density at radius 1 is 1.29 bits per heavy atom. The summed E-state index contributed by atoms with van der Waals surface area (Å²) in [6, 6.07) is 3.62. The van der Waals surface area contributed by atoms with E-state index < -0.39 is 0 Å². The van der Waals surface area contributed by atoms with Crippen molar-refractivity contribution in [3.8, 4) is 5.75 Å². The Morgan fingerprint density at radius 3 is 2.76 bits per heavy atom. The summed E-state index contributed by atoms with van der Waals surface area (Å²) in [4.78, 5) is 38.6. The van der Waals surface area contributed by atoms with Gasteiger partial charge in [-0.05, 0) is 38.3 Å². The van der Waals surface area contributed by atoms with Crippen molar-refractivity contribution >= 4 is 35.0 Å². The Bertz CT molecular complexity index is 1130. The summed E-state index contributed by atoms with van der Waals surface area (Å²) >= 11 is 0. The zero-order valence-corrected chi connectivity index (χ0v) is 20.1. The third-order valence-corrected chi connectivity index (χ3v) is 7.14. The van der Waals surface area contributed by atoms with Crippen molar-refractivity contribution in [2.75, 3.05) is 29.3 Å². The summed E-state index contributed by atoms with van der Waals surface area (Å²) in [5.41, 5.74) is 2.76. The maximum absolute atomic E-state index is 13.1. The van der Waals surface area contributed by atoms with Gasteiger partial charge in [0.1, 0.15) is 23.6 Å². The number of ether oxygens (including phenoxy) is 2. The molecule has 0 spiro atoms. The molecule has 2 aromatic rings. The number of nitrogens with one attached hydrogen (secondary N) is 1. The lowest BCUT2D eigenvalue weighted by atomic mass is 10.0. The molecule has 34 heavy (non-hydrogen) atoms. The number of amides is 1. The lowest BCUT2D eigenvalue weighted by molar-refractivity contribution is -0.120. The fraction of sp³-hybridized carbons (Fsp3) is 0.520. The summed E-state index contributed by atoms with van der Waals surface area (Å²) in [6.07, 6.45) is 7.47. The minimum atomic E-state index is -0.379. The van der Waals surface area contributed by atoms with Gasteiger partial charge >= 0.3 is 5.97 Å². The topological polar surface area (TPSA) is 96.9 Å². The molecule has 1 N–H and O–H groups in total. The number of methoxy groups -OCH3 is 1. The summed E-state index contributed by atoms with van der Waals surface area (Å²) in [6.45, 7) is 4.02. The first kappa shape index (κ1) is 22.4. The minimum absolute atomic E-state index is 0.0476. The van der Waals surface area contributed by atoms with Gasteiger partial charge in [0.15, 0.2) is 5.82 Å². The number of hydrogen-bond acceptors (Lipinski definition) is 8. The van der Waals surface area contributed by atoms with Crippen molar-refractivity contribution < 1.29 is 19.1 Å². The van der Waals surface area contributed by atoms with E-state index in [4.69, 9.17) is 14.5 Å². The Balaban J connectivity index is 1.53. The van der Waals surface area contributed by atoms with E-state index in [2.05, 4.69) is 15.2 Å². The van der Waals surface area contributed by atoms with Crippen molar-refractivity contribution in [1.29, 1.82) is 0 Å². The van der Waals surface area contributed by atoms with Gasteiger partial charge in [0.25, 0.3) is 0 Å². The smallest absolute Gasteiger partial charge is 0.338 e. The molecule has 0 radical (unpaired) electrons. The molecule has 3 heterocycles. The van der Waals surface area contributed by atoms with Crippen LogP contribution in [0.5, 0.6) is 5.75 Å². The van der Waals surface area contributed by atoms with E-state index in [-0.39, 0.29) is 24.0 Å². The van der Waals surface area contributed by atoms with Crippen LogP contribution in [-0.4, -0.2) is 54.2 Å². The molecule has 1 fully saturated rings. The number of esters is 1. The Hall–Kier alpha value is -3.36. The predicted molar refractivity (Wildman–Crippen MR) is 129 cm³/mol. The van der Waals surface area contributed by atoms with Crippen LogP contribution >= 0.6 is 0 Å². The molecule has 1 unspecified atom stereocenters. The number of carbonyl (C=O) groups is 2. The molecule has 180 valence electrons. The number of fused-ring (bicyclic) bond motifs is 2. The number of nitrogens with zero attached hydrogens (tertiary/aromatic N) is 4. The number of hydrogen-bond donors (Lipinski definition) is 1.